The number of ether oxygens (including phenoxy) is 1. The van der Waals surface area contributed by atoms with Crippen LogP contribution in [0.5, 0.6) is 0 Å². The normalized spacial score (nSPS) is 9.82. The Morgan fingerprint density at radius 1 is 1.55 bits per heavy atom. The molecule has 0 atom stereocenters. The molecule has 0 heterocycles. The third-order valence-electron chi connectivity index (χ3n) is 0.987. The fourth-order valence-electron chi connectivity index (χ4n) is 0.527. The number of carbonyl (C=O) groups is 1. The van der Waals surface area contributed by atoms with Gasteiger partial charge in [-0.05, 0) is 12.8 Å². The molecule has 0 aromatic heterocycles. The van der Waals surface area contributed by atoms with Crippen LogP contribution >= 0.6 is 0 Å². The van der Waals surface area contributed by atoms with Crippen molar-refractivity contribution >= 4 is 11.7 Å². The molecule has 0 rings (SSSR count). The number of hydrogen-bond donors (Lipinski definition) is 1. The van der Waals surface area contributed by atoms with E-state index in [4.69, 9.17) is 10.1 Å². The number of nitrogens with one attached hydrogen (secondary N) is 1. The molecule has 0 radical (unpaired) electrons. The average Bonchev–Trinajstić information content (AvgIpc) is 1.82. The summed E-state index contributed by atoms with van der Waals surface area (Å²) < 4.78 is 4.83. The van der Waals surface area contributed by atoms with Crippen LogP contribution in [0.2, 0.25) is 0 Å². The molecular formula is C8H15NO2. The molecule has 0 saturated carbocycles. The standard InChI is InChI=1S/C8H15NO2/c1-6(2)5-11-8(10)4-7(3)9/h6,9H,4-5H2,1-3H3. The van der Waals surface area contributed by atoms with Crippen molar-refractivity contribution < 1.29 is 9.53 Å². The number of hydrogen-bond acceptors (Lipinski definition) is 3. The molecule has 3 nitrogen and oxygen atoms in total. The summed E-state index contributed by atoms with van der Waals surface area (Å²) in [6, 6.07) is 0. The van der Waals surface area contributed by atoms with Crippen LogP contribution in [-0.4, -0.2) is 18.3 Å². The van der Waals surface area contributed by atoms with Gasteiger partial charge in [-0.15, -0.1) is 0 Å². The second-order valence-electron chi connectivity index (χ2n) is 3.03. The quantitative estimate of drug-likeness (QED) is 0.498. The number of carbonyl (C=O) groups excluding carboxylic acids is 1. The van der Waals surface area contributed by atoms with Crippen molar-refractivity contribution in [2.75, 3.05) is 6.61 Å². The molecule has 0 amide bonds. The van der Waals surface area contributed by atoms with E-state index in [-0.39, 0.29) is 12.4 Å². The largest absolute Gasteiger partial charge is 0.465 e. The maximum Gasteiger partial charge on any atom is 0.311 e. The van der Waals surface area contributed by atoms with Gasteiger partial charge in [0.15, 0.2) is 0 Å². The van der Waals surface area contributed by atoms with Gasteiger partial charge in [-0.3, -0.25) is 4.79 Å². The molecule has 0 fully saturated rings. The summed E-state index contributed by atoms with van der Waals surface area (Å²) in [4.78, 5) is 10.8. The van der Waals surface area contributed by atoms with Gasteiger partial charge in [-0.1, -0.05) is 13.8 Å². The first kappa shape index (κ1) is 10.1. The first-order valence-electron chi connectivity index (χ1n) is 3.72. The Morgan fingerprint density at radius 2 is 2.09 bits per heavy atom. The minimum Gasteiger partial charge on any atom is -0.465 e. The van der Waals surface area contributed by atoms with Crippen LogP contribution in [-0.2, 0) is 9.53 Å². The summed E-state index contributed by atoms with van der Waals surface area (Å²) in [7, 11) is 0. The van der Waals surface area contributed by atoms with Crippen molar-refractivity contribution in [3.05, 3.63) is 0 Å². The highest BCUT2D eigenvalue weighted by Gasteiger charge is 2.04. The van der Waals surface area contributed by atoms with E-state index in [1.54, 1.807) is 6.92 Å². The molecule has 0 aromatic rings. The molecule has 0 bridgehead atoms. The minimum absolute atomic E-state index is 0.118. The molecule has 0 spiro atoms. The van der Waals surface area contributed by atoms with Gasteiger partial charge in [0.25, 0.3) is 0 Å². The zero-order valence-electron chi connectivity index (χ0n) is 7.31. The van der Waals surface area contributed by atoms with Gasteiger partial charge in [-0.2, -0.15) is 0 Å². The van der Waals surface area contributed by atoms with Gasteiger partial charge in [-0.25, -0.2) is 0 Å². The molecule has 0 aliphatic rings. The second-order valence-corrected chi connectivity index (χ2v) is 3.03. The number of esters is 1. The van der Waals surface area contributed by atoms with Crippen LogP contribution in [0.1, 0.15) is 27.2 Å². The third kappa shape index (κ3) is 7.03. The monoisotopic (exact) mass is 157 g/mol. The molecule has 0 unspecified atom stereocenters. The van der Waals surface area contributed by atoms with E-state index in [1.807, 2.05) is 13.8 Å². The van der Waals surface area contributed by atoms with Crippen LogP contribution in [0, 0.1) is 11.3 Å². The summed E-state index contributed by atoms with van der Waals surface area (Å²) in [6.07, 6.45) is 0.118. The molecule has 1 N–H and O–H groups in total. The molecule has 11 heavy (non-hydrogen) atoms. The number of rotatable bonds is 4. The molecular weight excluding hydrogens is 142 g/mol. The highest BCUT2D eigenvalue weighted by atomic mass is 16.5. The fraction of sp³-hybridized carbons (Fsp3) is 0.750. The van der Waals surface area contributed by atoms with Crippen molar-refractivity contribution in [3.8, 4) is 0 Å². The van der Waals surface area contributed by atoms with Gasteiger partial charge in [0.1, 0.15) is 0 Å². The first-order valence-corrected chi connectivity index (χ1v) is 3.72. The SMILES string of the molecule is CC(=N)CC(=O)OCC(C)C. The highest BCUT2D eigenvalue weighted by Crippen LogP contribution is 1.95. The topological polar surface area (TPSA) is 50.2 Å². The van der Waals surface area contributed by atoms with Crippen LogP contribution in [0.15, 0.2) is 0 Å². The minimum atomic E-state index is -0.300. The van der Waals surface area contributed by atoms with Crippen LogP contribution in [0.3, 0.4) is 0 Å². The second kappa shape index (κ2) is 4.88. The molecule has 0 aromatic carbocycles. The molecule has 0 aliphatic heterocycles. The molecule has 3 heteroatoms. The maximum absolute atomic E-state index is 10.8. The Morgan fingerprint density at radius 3 is 2.45 bits per heavy atom. The summed E-state index contributed by atoms with van der Waals surface area (Å²) in [5.74, 6) is 0.0659. The van der Waals surface area contributed by atoms with Gasteiger partial charge in [0, 0.05) is 5.71 Å². The van der Waals surface area contributed by atoms with Crippen LogP contribution in [0.25, 0.3) is 0 Å². The smallest absolute Gasteiger partial charge is 0.311 e. The lowest BCUT2D eigenvalue weighted by molar-refractivity contribution is -0.143. The van der Waals surface area contributed by atoms with E-state index >= 15 is 0 Å². The van der Waals surface area contributed by atoms with Crippen molar-refractivity contribution in [1.82, 2.24) is 0 Å². The predicted molar refractivity (Wildman–Crippen MR) is 43.8 cm³/mol. The first-order chi connectivity index (χ1) is 5.02. The average molecular weight is 157 g/mol. The summed E-state index contributed by atoms with van der Waals surface area (Å²) in [5, 5.41) is 7.01. The molecule has 0 aliphatic carbocycles. The van der Waals surface area contributed by atoms with Gasteiger partial charge >= 0.3 is 5.97 Å². The lowest BCUT2D eigenvalue weighted by atomic mass is 10.2. The van der Waals surface area contributed by atoms with Crippen molar-refractivity contribution in [1.29, 1.82) is 5.41 Å². The van der Waals surface area contributed by atoms with Crippen molar-refractivity contribution in [3.63, 3.8) is 0 Å². The zero-order valence-corrected chi connectivity index (χ0v) is 7.31. The van der Waals surface area contributed by atoms with E-state index in [2.05, 4.69) is 0 Å². The van der Waals surface area contributed by atoms with E-state index in [1.165, 1.54) is 0 Å². The van der Waals surface area contributed by atoms with E-state index in [9.17, 15) is 4.79 Å². The summed E-state index contributed by atoms with van der Waals surface area (Å²) >= 11 is 0. The molecule has 0 saturated heterocycles. The van der Waals surface area contributed by atoms with E-state index in [0.717, 1.165) is 0 Å². The highest BCUT2D eigenvalue weighted by molar-refractivity contribution is 5.95. The Bertz CT molecular complexity index is 152. The predicted octanol–water partition coefficient (Wildman–Crippen LogP) is 1.62. The van der Waals surface area contributed by atoms with Gasteiger partial charge in [0.2, 0.25) is 0 Å². The Kier molecular flexibility index (Phi) is 4.50. The summed E-state index contributed by atoms with van der Waals surface area (Å²) in [5.41, 5.74) is 0.346. The maximum atomic E-state index is 10.8. The van der Waals surface area contributed by atoms with Crippen molar-refractivity contribution in [2.45, 2.75) is 27.2 Å². The zero-order chi connectivity index (χ0) is 8.85. The van der Waals surface area contributed by atoms with Crippen LogP contribution in [0.4, 0.5) is 0 Å². The van der Waals surface area contributed by atoms with Gasteiger partial charge in [0.05, 0.1) is 13.0 Å². The van der Waals surface area contributed by atoms with E-state index < -0.39 is 0 Å². The van der Waals surface area contributed by atoms with Crippen LogP contribution < -0.4 is 0 Å². The Hall–Kier alpha value is -0.860. The Balaban J connectivity index is 3.46. The fourth-order valence-corrected chi connectivity index (χ4v) is 0.527. The lowest BCUT2D eigenvalue weighted by Crippen LogP contribution is -2.12. The third-order valence-corrected chi connectivity index (χ3v) is 0.987. The molecule has 64 valence electrons. The van der Waals surface area contributed by atoms with Gasteiger partial charge < -0.3 is 10.1 Å². The Labute approximate surface area is 67.3 Å². The lowest BCUT2D eigenvalue weighted by Gasteiger charge is -2.05. The van der Waals surface area contributed by atoms with Crippen molar-refractivity contribution in [2.24, 2.45) is 5.92 Å². The van der Waals surface area contributed by atoms with E-state index in [0.29, 0.717) is 18.2 Å². The summed E-state index contributed by atoms with van der Waals surface area (Å²) in [6.45, 7) is 6.00.